The van der Waals surface area contributed by atoms with Crippen LogP contribution in [0.2, 0.25) is 0 Å². The Morgan fingerprint density at radius 2 is 1.94 bits per heavy atom. The monoisotopic (exact) mass is 274 g/mol. The lowest BCUT2D eigenvalue weighted by Crippen LogP contribution is -2.32. The number of unbranched alkanes of at least 4 members (excludes halogenated alkanes) is 3. The van der Waals surface area contributed by atoms with E-state index in [0.29, 0.717) is 18.7 Å². The van der Waals surface area contributed by atoms with Gasteiger partial charge in [-0.2, -0.15) is 12.6 Å². The molecule has 0 heterocycles. The molecule has 0 rings (SSSR count). The zero-order chi connectivity index (χ0) is 13.6. The molecule has 106 valence electrons. The van der Waals surface area contributed by atoms with Crippen molar-refractivity contribution in [2.24, 2.45) is 5.92 Å². The fourth-order valence-electron chi connectivity index (χ4n) is 1.71. The summed E-state index contributed by atoms with van der Waals surface area (Å²) < 4.78 is 0. The number of hydrogen-bond acceptors (Lipinski definition) is 3. The van der Waals surface area contributed by atoms with Crippen LogP contribution in [-0.4, -0.2) is 31.2 Å². The molecule has 0 spiro atoms. The van der Waals surface area contributed by atoms with E-state index in [1.807, 2.05) is 0 Å². The molecule has 0 radical (unpaired) electrons. The van der Waals surface area contributed by atoms with Crippen molar-refractivity contribution < 1.29 is 9.59 Å². The first-order valence-electron chi connectivity index (χ1n) is 6.81. The van der Waals surface area contributed by atoms with Gasteiger partial charge in [0, 0.05) is 24.8 Å². The highest BCUT2D eigenvalue weighted by molar-refractivity contribution is 7.80. The lowest BCUT2D eigenvalue weighted by Gasteiger charge is -2.14. The zero-order valence-corrected chi connectivity index (χ0v) is 12.2. The molecule has 1 unspecified atom stereocenters. The summed E-state index contributed by atoms with van der Waals surface area (Å²) in [6, 6.07) is 0. The van der Waals surface area contributed by atoms with E-state index in [0.717, 1.165) is 45.1 Å². The third-order valence-corrected chi connectivity index (χ3v) is 3.32. The molecule has 0 aliphatic rings. The molecule has 4 nitrogen and oxygen atoms in total. The van der Waals surface area contributed by atoms with Crippen molar-refractivity contribution >= 4 is 24.9 Å². The zero-order valence-electron chi connectivity index (χ0n) is 11.3. The maximum absolute atomic E-state index is 11.8. The average Bonchev–Trinajstić information content (AvgIpc) is 2.39. The number of rotatable bonds is 12. The molecule has 1 atom stereocenters. The van der Waals surface area contributed by atoms with Crippen LogP contribution in [0.3, 0.4) is 0 Å². The minimum atomic E-state index is -0.00816. The Balaban J connectivity index is 3.65. The standard InChI is InChI=1S/C13H26N2O2S/c1-2-3-5-9-15-13(17)12(10-18)7-4-6-8-14-11-16/h11-12,18H,2-10H2,1H3,(H,14,16)(H,15,17). The van der Waals surface area contributed by atoms with Gasteiger partial charge in [0.15, 0.2) is 0 Å². The van der Waals surface area contributed by atoms with Gasteiger partial charge in [0.25, 0.3) is 0 Å². The van der Waals surface area contributed by atoms with Crippen LogP contribution in [-0.2, 0) is 9.59 Å². The topological polar surface area (TPSA) is 58.2 Å². The van der Waals surface area contributed by atoms with Gasteiger partial charge in [-0.05, 0) is 19.3 Å². The molecule has 0 aliphatic carbocycles. The lowest BCUT2D eigenvalue weighted by atomic mass is 10.0. The number of nitrogens with one attached hydrogen (secondary N) is 2. The Bertz CT molecular complexity index is 225. The second-order valence-corrected chi connectivity index (χ2v) is 4.81. The van der Waals surface area contributed by atoms with E-state index in [1.54, 1.807) is 0 Å². The Morgan fingerprint density at radius 1 is 1.22 bits per heavy atom. The summed E-state index contributed by atoms with van der Waals surface area (Å²) >= 11 is 4.23. The van der Waals surface area contributed by atoms with E-state index >= 15 is 0 Å². The van der Waals surface area contributed by atoms with Gasteiger partial charge in [-0.15, -0.1) is 0 Å². The second-order valence-electron chi connectivity index (χ2n) is 4.45. The molecular formula is C13H26N2O2S. The van der Waals surface area contributed by atoms with Crippen LogP contribution in [0, 0.1) is 5.92 Å². The lowest BCUT2D eigenvalue weighted by molar-refractivity contribution is -0.124. The van der Waals surface area contributed by atoms with E-state index in [-0.39, 0.29) is 11.8 Å². The normalized spacial score (nSPS) is 11.9. The first kappa shape index (κ1) is 17.3. The highest BCUT2D eigenvalue weighted by Crippen LogP contribution is 2.10. The van der Waals surface area contributed by atoms with Gasteiger partial charge in [0.1, 0.15) is 0 Å². The fraction of sp³-hybridized carbons (Fsp3) is 0.846. The first-order valence-corrected chi connectivity index (χ1v) is 7.45. The first-order chi connectivity index (χ1) is 8.76. The van der Waals surface area contributed by atoms with Crippen molar-refractivity contribution in [2.45, 2.75) is 45.4 Å². The van der Waals surface area contributed by atoms with Gasteiger partial charge in [0.05, 0.1) is 0 Å². The highest BCUT2D eigenvalue weighted by atomic mass is 32.1. The van der Waals surface area contributed by atoms with Gasteiger partial charge >= 0.3 is 0 Å². The van der Waals surface area contributed by atoms with Gasteiger partial charge in [0.2, 0.25) is 12.3 Å². The second kappa shape index (κ2) is 12.7. The molecule has 0 saturated heterocycles. The van der Waals surface area contributed by atoms with Crippen LogP contribution in [0.25, 0.3) is 0 Å². The quantitative estimate of drug-likeness (QED) is 0.288. The van der Waals surface area contributed by atoms with Gasteiger partial charge in [-0.3, -0.25) is 9.59 Å². The minimum Gasteiger partial charge on any atom is -0.359 e. The number of amides is 2. The van der Waals surface area contributed by atoms with Crippen molar-refractivity contribution in [1.29, 1.82) is 0 Å². The molecule has 0 bridgehead atoms. The summed E-state index contributed by atoms with van der Waals surface area (Å²) in [5.74, 6) is 0.691. The van der Waals surface area contributed by atoms with Crippen LogP contribution in [0.4, 0.5) is 0 Å². The van der Waals surface area contributed by atoms with E-state index in [9.17, 15) is 9.59 Å². The summed E-state index contributed by atoms with van der Waals surface area (Å²) in [5, 5.41) is 5.58. The molecule has 0 aromatic carbocycles. The Labute approximate surface area is 116 Å². The number of thiol groups is 1. The van der Waals surface area contributed by atoms with Crippen LogP contribution in [0.5, 0.6) is 0 Å². The molecule has 0 aromatic rings. The largest absolute Gasteiger partial charge is 0.359 e. The van der Waals surface area contributed by atoms with Crippen molar-refractivity contribution in [3.63, 3.8) is 0 Å². The third kappa shape index (κ3) is 9.33. The molecule has 2 amide bonds. The van der Waals surface area contributed by atoms with E-state index < -0.39 is 0 Å². The third-order valence-electron chi connectivity index (χ3n) is 2.88. The summed E-state index contributed by atoms with van der Waals surface area (Å²) in [4.78, 5) is 21.9. The fourth-order valence-corrected chi connectivity index (χ4v) is 2.06. The summed E-state index contributed by atoms with van der Waals surface area (Å²) in [6.07, 6.45) is 6.75. The molecule has 5 heteroatoms. The number of carbonyl (C=O) groups is 2. The predicted molar refractivity (Wildman–Crippen MR) is 77.8 cm³/mol. The summed E-state index contributed by atoms with van der Waals surface area (Å²) in [7, 11) is 0. The highest BCUT2D eigenvalue weighted by Gasteiger charge is 2.15. The number of carbonyl (C=O) groups excluding carboxylic acids is 2. The van der Waals surface area contributed by atoms with Crippen molar-refractivity contribution in [3.8, 4) is 0 Å². The molecule has 0 aromatic heterocycles. The smallest absolute Gasteiger partial charge is 0.223 e. The van der Waals surface area contributed by atoms with E-state index in [4.69, 9.17) is 0 Å². The van der Waals surface area contributed by atoms with E-state index in [1.165, 1.54) is 0 Å². The summed E-state index contributed by atoms with van der Waals surface area (Å²) in [5.41, 5.74) is 0. The molecule has 0 fully saturated rings. The maximum Gasteiger partial charge on any atom is 0.223 e. The SMILES string of the molecule is CCCCCNC(=O)C(CS)CCCCNC=O. The van der Waals surface area contributed by atoms with Crippen LogP contribution < -0.4 is 10.6 Å². The van der Waals surface area contributed by atoms with Gasteiger partial charge < -0.3 is 10.6 Å². The molecule has 18 heavy (non-hydrogen) atoms. The van der Waals surface area contributed by atoms with E-state index in [2.05, 4.69) is 30.2 Å². The average molecular weight is 274 g/mol. The van der Waals surface area contributed by atoms with Crippen molar-refractivity contribution in [1.82, 2.24) is 10.6 Å². The maximum atomic E-state index is 11.8. The molecular weight excluding hydrogens is 248 g/mol. The minimum absolute atomic E-state index is 0.00816. The van der Waals surface area contributed by atoms with Gasteiger partial charge in [-0.25, -0.2) is 0 Å². The van der Waals surface area contributed by atoms with Crippen LogP contribution in [0.1, 0.15) is 45.4 Å². The van der Waals surface area contributed by atoms with Crippen molar-refractivity contribution in [2.75, 3.05) is 18.8 Å². The van der Waals surface area contributed by atoms with Crippen LogP contribution in [0.15, 0.2) is 0 Å². The van der Waals surface area contributed by atoms with Crippen LogP contribution >= 0.6 is 12.6 Å². The molecule has 2 N–H and O–H groups in total. The molecule has 0 saturated carbocycles. The molecule has 0 aliphatic heterocycles. The van der Waals surface area contributed by atoms with Gasteiger partial charge in [-0.1, -0.05) is 26.2 Å². The Kier molecular flexibility index (Phi) is 12.2. The summed E-state index contributed by atoms with van der Waals surface area (Å²) in [6.45, 7) is 3.59. The Hall–Kier alpha value is -0.710. The Morgan fingerprint density at radius 3 is 2.56 bits per heavy atom. The van der Waals surface area contributed by atoms with Crippen molar-refractivity contribution in [3.05, 3.63) is 0 Å². The predicted octanol–water partition coefficient (Wildman–Crippen LogP) is 1.76. The number of hydrogen-bond donors (Lipinski definition) is 3.